The largest absolute Gasteiger partial charge is 0.469 e. The van der Waals surface area contributed by atoms with Gasteiger partial charge in [-0.25, -0.2) is 0 Å². The van der Waals surface area contributed by atoms with Crippen LogP contribution in [0.15, 0.2) is 16.7 Å². The van der Waals surface area contributed by atoms with Crippen molar-refractivity contribution in [2.45, 2.75) is 26.8 Å². The van der Waals surface area contributed by atoms with Crippen molar-refractivity contribution in [3.63, 3.8) is 0 Å². The van der Waals surface area contributed by atoms with Gasteiger partial charge in [0.05, 0.1) is 12.9 Å². The number of rotatable bonds is 7. The van der Waals surface area contributed by atoms with Gasteiger partial charge in [0, 0.05) is 37.2 Å². The monoisotopic (exact) mass is 266 g/mol. The van der Waals surface area contributed by atoms with Crippen LogP contribution in [0.5, 0.6) is 0 Å². The fraction of sp³-hybridized carbons (Fsp3) is 0.733. The molecule has 19 heavy (non-hydrogen) atoms. The number of aryl methyl sites for hydroxylation is 1. The van der Waals surface area contributed by atoms with Crippen molar-refractivity contribution in [3.05, 3.63) is 23.7 Å². The number of nitrogens with zero attached hydrogens (tertiary/aromatic N) is 1. The van der Waals surface area contributed by atoms with Gasteiger partial charge in [-0.15, -0.1) is 0 Å². The van der Waals surface area contributed by atoms with E-state index in [0.29, 0.717) is 0 Å². The maximum atomic E-state index is 5.63. The van der Waals surface area contributed by atoms with Gasteiger partial charge in [0.25, 0.3) is 0 Å². The Hall–Kier alpha value is -0.840. The molecule has 1 atom stereocenters. The van der Waals surface area contributed by atoms with E-state index in [2.05, 4.69) is 30.3 Å². The van der Waals surface area contributed by atoms with Gasteiger partial charge in [0.2, 0.25) is 0 Å². The topological polar surface area (TPSA) is 37.6 Å². The number of furan rings is 1. The summed E-state index contributed by atoms with van der Waals surface area (Å²) in [5.41, 5.74) is 1.54. The number of ether oxygens (including phenoxy) is 1. The maximum Gasteiger partial charge on any atom is 0.105 e. The zero-order valence-electron chi connectivity index (χ0n) is 12.4. The molecule has 1 aromatic rings. The molecule has 0 saturated carbocycles. The summed E-state index contributed by atoms with van der Waals surface area (Å²) in [7, 11) is 2.18. The number of hydrogen-bond acceptors (Lipinski definition) is 4. The highest BCUT2D eigenvalue weighted by atomic mass is 16.5. The van der Waals surface area contributed by atoms with E-state index in [1.807, 2.05) is 6.92 Å². The first kappa shape index (κ1) is 14.6. The second kappa shape index (κ2) is 6.55. The maximum absolute atomic E-state index is 5.63. The molecule has 108 valence electrons. The second-order valence-corrected chi connectivity index (χ2v) is 5.76. The first-order valence-corrected chi connectivity index (χ1v) is 7.15. The van der Waals surface area contributed by atoms with Crippen LogP contribution in [0.2, 0.25) is 0 Å². The molecular formula is C15H26N2O2. The lowest BCUT2D eigenvalue weighted by Gasteiger charge is -2.32. The van der Waals surface area contributed by atoms with Gasteiger partial charge in [-0.2, -0.15) is 0 Å². The van der Waals surface area contributed by atoms with Crippen molar-refractivity contribution in [2.75, 3.05) is 39.9 Å². The lowest BCUT2D eigenvalue weighted by atomic mass is 9.86. The lowest BCUT2D eigenvalue weighted by Crippen LogP contribution is -2.43. The third kappa shape index (κ3) is 3.81. The Labute approximate surface area is 116 Å². The molecule has 1 fully saturated rings. The highest BCUT2D eigenvalue weighted by Crippen LogP contribution is 2.29. The molecule has 0 radical (unpaired) electrons. The quantitative estimate of drug-likeness (QED) is 0.819. The van der Waals surface area contributed by atoms with Crippen LogP contribution in [0.1, 0.15) is 24.7 Å². The van der Waals surface area contributed by atoms with Gasteiger partial charge < -0.3 is 19.4 Å². The molecule has 1 unspecified atom stereocenters. The van der Waals surface area contributed by atoms with Crippen molar-refractivity contribution < 1.29 is 9.15 Å². The van der Waals surface area contributed by atoms with Crippen LogP contribution in [0, 0.1) is 12.3 Å². The molecule has 4 heteroatoms. The van der Waals surface area contributed by atoms with Crippen molar-refractivity contribution >= 4 is 0 Å². The van der Waals surface area contributed by atoms with E-state index in [4.69, 9.17) is 9.15 Å². The van der Waals surface area contributed by atoms with Crippen molar-refractivity contribution in [1.29, 1.82) is 0 Å². The average molecular weight is 266 g/mol. The predicted molar refractivity (Wildman–Crippen MR) is 76.2 cm³/mol. The molecule has 2 rings (SSSR count). The molecule has 2 heterocycles. The van der Waals surface area contributed by atoms with Gasteiger partial charge in [-0.05, 0) is 33.0 Å². The Kier molecular flexibility index (Phi) is 5.02. The molecule has 0 spiro atoms. The number of hydrogen-bond donors (Lipinski definition) is 1. The smallest absolute Gasteiger partial charge is 0.105 e. The molecule has 0 bridgehead atoms. The van der Waals surface area contributed by atoms with Crippen molar-refractivity contribution in [1.82, 2.24) is 10.2 Å². The third-order valence-electron chi connectivity index (χ3n) is 3.95. The molecule has 1 N–H and O–H groups in total. The highest BCUT2D eigenvalue weighted by molar-refractivity contribution is 5.15. The van der Waals surface area contributed by atoms with Gasteiger partial charge in [0.15, 0.2) is 0 Å². The van der Waals surface area contributed by atoms with E-state index in [0.717, 1.165) is 51.6 Å². The summed E-state index contributed by atoms with van der Waals surface area (Å²) >= 11 is 0. The molecule has 1 aliphatic heterocycles. The summed E-state index contributed by atoms with van der Waals surface area (Å²) in [6.45, 7) is 10.0. The predicted octanol–water partition coefficient (Wildman–Crippen LogP) is 2.04. The highest BCUT2D eigenvalue weighted by Gasteiger charge is 2.35. The van der Waals surface area contributed by atoms with E-state index in [1.165, 1.54) is 5.56 Å². The Morgan fingerprint density at radius 2 is 2.32 bits per heavy atom. The van der Waals surface area contributed by atoms with Gasteiger partial charge in [-0.3, -0.25) is 0 Å². The van der Waals surface area contributed by atoms with Crippen molar-refractivity contribution in [2.24, 2.45) is 5.41 Å². The zero-order chi connectivity index (χ0) is 13.7. The SMILES string of the molecule is CCNCC1(CN(C)Cc2ccoc2C)CCOC1. The standard InChI is InChI=1S/C15H26N2O2/c1-4-16-10-15(6-8-18-12-15)11-17(3)9-14-5-7-19-13(14)2/h5,7,16H,4,6,8-12H2,1-3H3. The minimum absolute atomic E-state index is 0.266. The van der Waals surface area contributed by atoms with Crippen molar-refractivity contribution in [3.8, 4) is 0 Å². The zero-order valence-corrected chi connectivity index (χ0v) is 12.4. The molecule has 1 aromatic heterocycles. The molecule has 0 amide bonds. The Morgan fingerprint density at radius 1 is 1.47 bits per heavy atom. The van der Waals surface area contributed by atoms with E-state index >= 15 is 0 Å². The van der Waals surface area contributed by atoms with Gasteiger partial charge >= 0.3 is 0 Å². The normalized spacial score (nSPS) is 23.4. The second-order valence-electron chi connectivity index (χ2n) is 5.76. The van der Waals surface area contributed by atoms with Crippen LogP contribution < -0.4 is 5.32 Å². The van der Waals surface area contributed by atoms with Crippen LogP contribution >= 0.6 is 0 Å². The van der Waals surface area contributed by atoms with Crippen LogP contribution in [0.25, 0.3) is 0 Å². The average Bonchev–Trinajstić information content (AvgIpc) is 2.98. The molecule has 4 nitrogen and oxygen atoms in total. The van der Waals surface area contributed by atoms with E-state index in [1.54, 1.807) is 6.26 Å². The Bertz CT molecular complexity index is 383. The van der Waals surface area contributed by atoms with Crippen LogP contribution in [-0.4, -0.2) is 44.8 Å². The first-order chi connectivity index (χ1) is 9.15. The molecule has 1 saturated heterocycles. The summed E-state index contributed by atoms with van der Waals surface area (Å²) in [6.07, 6.45) is 2.92. The van der Waals surface area contributed by atoms with Crippen LogP contribution in [0.3, 0.4) is 0 Å². The third-order valence-corrected chi connectivity index (χ3v) is 3.95. The summed E-state index contributed by atoms with van der Waals surface area (Å²) in [5.74, 6) is 1.02. The fourth-order valence-electron chi connectivity index (χ4n) is 2.85. The lowest BCUT2D eigenvalue weighted by molar-refractivity contribution is 0.117. The molecule has 0 aliphatic carbocycles. The van der Waals surface area contributed by atoms with Crippen LogP contribution in [0.4, 0.5) is 0 Å². The number of nitrogens with one attached hydrogen (secondary N) is 1. The van der Waals surface area contributed by atoms with E-state index in [9.17, 15) is 0 Å². The van der Waals surface area contributed by atoms with E-state index in [-0.39, 0.29) is 5.41 Å². The minimum Gasteiger partial charge on any atom is -0.469 e. The van der Waals surface area contributed by atoms with Gasteiger partial charge in [0.1, 0.15) is 5.76 Å². The Balaban J connectivity index is 1.91. The summed E-state index contributed by atoms with van der Waals surface area (Å²) in [5, 5.41) is 3.48. The molecule has 1 aliphatic rings. The first-order valence-electron chi connectivity index (χ1n) is 7.15. The molecule has 0 aromatic carbocycles. The summed E-state index contributed by atoms with van der Waals surface area (Å²) in [4.78, 5) is 2.38. The summed E-state index contributed by atoms with van der Waals surface area (Å²) in [6, 6.07) is 2.06. The molecular weight excluding hydrogens is 240 g/mol. The van der Waals surface area contributed by atoms with Gasteiger partial charge in [-0.1, -0.05) is 6.92 Å². The Morgan fingerprint density at radius 3 is 2.89 bits per heavy atom. The minimum atomic E-state index is 0.266. The fourth-order valence-corrected chi connectivity index (χ4v) is 2.85. The van der Waals surface area contributed by atoms with Crippen LogP contribution in [-0.2, 0) is 11.3 Å². The van der Waals surface area contributed by atoms with E-state index < -0.39 is 0 Å². The summed E-state index contributed by atoms with van der Waals surface area (Å²) < 4.78 is 11.0.